The number of anilines is 1. The molecule has 1 aliphatic rings. The molecule has 1 N–H and O–H groups in total. The maximum Gasteiger partial charge on any atom is 0.262 e. The number of carbonyl (C=O) groups excluding carboxylic acids is 1. The number of sulfonamides is 1. The van der Waals surface area contributed by atoms with Gasteiger partial charge in [0.05, 0.1) is 15.8 Å². The number of carbonyl (C=O) groups is 1. The van der Waals surface area contributed by atoms with E-state index in [2.05, 4.69) is 15.3 Å². The number of aryl methyl sites for hydroxylation is 1. The Morgan fingerprint density at radius 3 is 2.68 bits per heavy atom. The number of rotatable bonds is 6. The van der Waals surface area contributed by atoms with Crippen molar-refractivity contribution in [2.75, 3.05) is 25.0 Å². The Labute approximate surface area is 181 Å². The number of hydrogen-bond donors (Lipinski definition) is 1. The average molecular weight is 441 g/mol. The third-order valence-electron chi connectivity index (χ3n) is 5.25. The first-order chi connectivity index (χ1) is 14.9. The number of hydrogen-bond acceptors (Lipinski definition) is 6. The predicted octanol–water partition coefficient (Wildman–Crippen LogP) is 3.13. The molecule has 3 aromatic rings. The third-order valence-corrected chi connectivity index (χ3v) is 7.29. The lowest BCUT2D eigenvalue weighted by Gasteiger charge is -2.26. The minimum atomic E-state index is -3.60. The lowest BCUT2D eigenvalue weighted by molar-refractivity contribution is -0.118. The highest BCUT2D eigenvalue weighted by Crippen LogP contribution is 2.26. The van der Waals surface area contributed by atoms with Crippen molar-refractivity contribution in [3.8, 4) is 5.88 Å². The smallest absolute Gasteiger partial charge is 0.262 e. The van der Waals surface area contributed by atoms with Crippen LogP contribution in [0.15, 0.2) is 53.7 Å². The Bertz CT molecular complexity index is 1200. The van der Waals surface area contributed by atoms with Crippen LogP contribution < -0.4 is 10.1 Å². The monoisotopic (exact) mass is 440 g/mol. The average Bonchev–Trinajstić information content (AvgIpc) is 2.79. The molecule has 0 aliphatic carbocycles. The van der Waals surface area contributed by atoms with Crippen LogP contribution in [0.3, 0.4) is 0 Å². The molecule has 1 aromatic heterocycles. The van der Waals surface area contributed by atoms with Crippen molar-refractivity contribution in [2.24, 2.45) is 0 Å². The number of benzene rings is 2. The quantitative estimate of drug-likeness (QED) is 0.632. The summed E-state index contributed by atoms with van der Waals surface area (Å²) in [6.45, 7) is 2.55. The van der Waals surface area contributed by atoms with Gasteiger partial charge in [-0.05, 0) is 49.6 Å². The van der Waals surface area contributed by atoms with Gasteiger partial charge in [-0.15, -0.1) is 0 Å². The summed E-state index contributed by atoms with van der Waals surface area (Å²) >= 11 is 0. The molecule has 1 aliphatic heterocycles. The van der Waals surface area contributed by atoms with Gasteiger partial charge in [0.2, 0.25) is 15.9 Å². The summed E-state index contributed by atoms with van der Waals surface area (Å²) in [4.78, 5) is 20.9. The van der Waals surface area contributed by atoms with E-state index in [1.807, 2.05) is 24.3 Å². The van der Waals surface area contributed by atoms with Crippen LogP contribution in [0.4, 0.5) is 5.69 Å². The van der Waals surface area contributed by atoms with Crippen LogP contribution in [-0.2, 0) is 14.8 Å². The van der Waals surface area contributed by atoms with Crippen molar-refractivity contribution in [1.29, 1.82) is 0 Å². The molecule has 31 heavy (non-hydrogen) atoms. The molecule has 0 atom stereocenters. The van der Waals surface area contributed by atoms with E-state index in [-0.39, 0.29) is 11.5 Å². The molecule has 0 saturated carbocycles. The summed E-state index contributed by atoms with van der Waals surface area (Å²) in [5.74, 6) is -0.0918. The number of para-hydroxylation sites is 1. The van der Waals surface area contributed by atoms with E-state index in [9.17, 15) is 13.2 Å². The zero-order valence-electron chi connectivity index (χ0n) is 17.2. The van der Waals surface area contributed by atoms with Crippen molar-refractivity contribution in [3.05, 3.63) is 54.4 Å². The highest BCUT2D eigenvalue weighted by Gasteiger charge is 2.27. The fourth-order valence-electron chi connectivity index (χ4n) is 3.63. The molecule has 4 rings (SSSR count). The lowest BCUT2D eigenvalue weighted by Crippen LogP contribution is -2.36. The summed E-state index contributed by atoms with van der Waals surface area (Å²) in [5, 5.41) is 3.42. The van der Waals surface area contributed by atoms with E-state index in [1.165, 1.54) is 16.7 Å². The Kier molecular flexibility index (Phi) is 6.15. The van der Waals surface area contributed by atoms with Crippen LogP contribution >= 0.6 is 0 Å². The molecule has 162 valence electrons. The summed E-state index contributed by atoms with van der Waals surface area (Å²) in [6, 6.07) is 12.2. The van der Waals surface area contributed by atoms with Gasteiger partial charge in [-0.3, -0.25) is 4.79 Å². The van der Waals surface area contributed by atoms with Crippen LogP contribution in [0, 0.1) is 6.92 Å². The number of ether oxygens (including phenoxy) is 1. The van der Waals surface area contributed by atoms with E-state index in [4.69, 9.17) is 4.74 Å². The van der Waals surface area contributed by atoms with E-state index in [0.29, 0.717) is 35.6 Å². The molecule has 0 unspecified atom stereocenters. The molecule has 1 fully saturated rings. The van der Waals surface area contributed by atoms with Crippen LogP contribution in [0.2, 0.25) is 0 Å². The topological polar surface area (TPSA) is 101 Å². The minimum absolute atomic E-state index is 0.218. The maximum absolute atomic E-state index is 13.1. The molecule has 0 radical (unpaired) electrons. The van der Waals surface area contributed by atoms with Gasteiger partial charge < -0.3 is 10.1 Å². The Morgan fingerprint density at radius 2 is 1.87 bits per heavy atom. The number of aromatic nitrogens is 2. The SMILES string of the molecule is Cc1ccc(NC(=O)COc2ncnc3ccccc23)cc1S(=O)(=O)N1CCCCC1. The van der Waals surface area contributed by atoms with Gasteiger partial charge in [0.1, 0.15) is 6.33 Å². The predicted molar refractivity (Wildman–Crippen MR) is 117 cm³/mol. The van der Waals surface area contributed by atoms with Gasteiger partial charge >= 0.3 is 0 Å². The van der Waals surface area contributed by atoms with E-state index < -0.39 is 15.9 Å². The second-order valence-corrected chi connectivity index (χ2v) is 9.38. The minimum Gasteiger partial charge on any atom is -0.467 e. The summed E-state index contributed by atoms with van der Waals surface area (Å²) < 4.78 is 33.2. The molecule has 2 heterocycles. The van der Waals surface area contributed by atoms with Crippen LogP contribution in [0.1, 0.15) is 24.8 Å². The lowest BCUT2D eigenvalue weighted by atomic mass is 10.2. The van der Waals surface area contributed by atoms with E-state index in [1.54, 1.807) is 19.1 Å². The summed E-state index contributed by atoms with van der Waals surface area (Å²) in [7, 11) is -3.60. The highest BCUT2D eigenvalue weighted by molar-refractivity contribution is 7.89. The Morgan fingerprint density at radius 1 is 1.10 bits per heavy atom. The first-order valence-electron chi connectivity index (χ1n) is 10.2. The first-order valence-corrected chi connectivity index (χ1v) is 11.6. The number of nitrogens with one attached hydrogen (secondary N) is 1. The van der Waals surface area contributed by atoms with Gasteiger partial charge in [-0.2, -0.15) is 4.31 Å². The largest absolute Gasteiger partial charge is 0.467 e. The van der Waals surface area contributed by atoms with Crippen LogP contribution in [0.25, 0.3) is 10.9 Å². The van der Waals surface area contributed by atoms with Crippen LogP contribution in [0.5, 0.6) is 5.88 Å². The number of fused-ring (bicyclic) bond motifs is 1. The molecule has 1 amide bonds. The molecule has 9 heteroatoms. The standard InChI is InChI=1S/C22H24N4O4S/c1-16-9-10-17(13-20(16)31(28,29)26-11-5-2-6-12-26)25-21(27)14-30-22-18-7-3-4-8-19(18)23-15-24-22/h3-4,7-10,13,15H,2,5-6,11-12,14H2,1H3,(H,25,27). The zero-order chi connectivity index (χ0) is 21.8. The fourth-order valence-corrected chi connectivity index (χ4v) is 5.39. The molecule has 0 bridgehead atoms. The fraction of sp³-hybridized carbons (Fsp3) is 0.318. The zero-order valence-corrected chi connectivity index (χ0v) is 18.1. The van der Waals surface area contributed by atoms with Crippen molar-refractivity contribution in [1.82, 2.24) is 14.3 Å². The Balaban J connectivity index is 1.47. The molecular weight excluding hydrogens is 416 g/mol. The molecule has 8 nitrogen and oxygen atoms in total. The van der Waals surface area contributed by atoms with Crippen molar-refractivity contribution in [3.63, 3.8) is 0 Å². The van der Waals surface area contributed by atoms with Crippen LogP contribution in [-0.4, -0.2) is 48.3 Å². The number of piperidine rings is 1. The van der Waals surface area contributed by atoms with Gasteiger partial charge in [0.25, 0.3) is 5.91 Å². The van der Waals surface area contributed by atoms with E-state index in [0.717, 1.165) is 24.8 Å². The van der Waals surface area contributed by atoms with Crippen molar-refractivity contribution >= 4 is 32.5 Å². The normalized spacial score (nSPS) is 15.0. The van der Waals surface area contributed by atoms with Gasteiger partial charge in [0.15, 0.2) is 6.61 Å². The maximum atomic E-state index is 13.1. The first kappa shape index (κ1) is 21.2. The number of amides is 1. The molecule has 0 spiro atoms. The van der Waals surface area contributed by atoms with Gasteiger partial charge in [-0.1, -0.05) is 24.6 Å². The van der Waals surface area contributed by atoms with Crippen molar-refractivity contribution in [2.45, 2.75) is 31.1 Å². The summed E-state index contributed by atoms with van der Waals surface area (Å²) in [5.41, 5.74) is 1.77. The van der Waals surface area contributed by atoms with Gasteiger partial charge in [-0.25, -0.2) is 18.4 Å². The Hall–Kier alpha value is -3.04. The molecule has 2 aromatic carbocycles. The third kappa shape index (κ3) is 4.67. The second-order valence-electron chi connectivity index (χ2n) is 7.48. The molecule has 1 saturated heterocycles. The van der Waals surface area contributed by atoms with Gasteiger partial charge in [0, 0.05) is 18.8 Å². The summed E-state index contributed by atoms with van der Waals surface area (Å²) in [6.07, 6.45) is 4.16. The van der Waals surface area contributed by atoms with E-state index >= 15 is 0 Å². The van der Waals surface area contributed by atoms with Crippen molar-refractivity contribution < 1.29 is 17.9 Å². The highest BCUT2D eigenvalue weighted by atomic mass is 32.2. The molecular formula is C22H24N4O4S. The second kappa shape index (κ2) is 8.99. The number of nitrogens with zero attached hydrogens (tertiary/aromatic N) is 3.